The van der Waals surface area contributed by atoms with Gasteiger partial charge in [-0.2, -0.15) is 0 Å². The predicted octanol–water partition coefficient (Wildman–Crippen LogP) is -0.0684. The van der Waals surface area contributed by atoms with Gasteiger partial charge < -0.3 is 10.2 Å². The molecule has 0 radical (unpaired) electrons. The van der Waals surface area contributed by atoms with Gasteiger partial charge in [0.05, 0.1) is 5.60 Å². The third-order valence-electron chi connectivity index (χ3n) is 3.00. The Kier molecular flexibility index (Phi) is 4.51. The number of aliphatic hydroxyl groups is 1. The lowest BCUT2D eigenvalue weighted by Gasteiger charge is -2.35. The van der Waals surface area contributed by atoms with E-state index < -0.39 is 27.3 Å². The standard InChI is InChI=1S/C10H19NO5S/c1-8-3-2-4-10(14,5-8)7-11-17(15,16)6-9(12)13/h8,11,14H,2-7H2,1H3,(H,12,13). The zero-order valence-corrected chi connectivity index (χ0v) is 10.7. The second-order valence-electron chi connectivity index (χ2n) is 4.90. The van der Waals surface area contributed by atoms with Gasteiger partial charge in [0.15, 0.2) is 5.75 Å². The molecule has 0 aromatic carbocycles. The molecule has 100 valence electrons. The summed E-state index contributed by atoms with van der Waals surface area (Å²) in [5.41, 5.74) is -1.04. The minimum absolute atomic E-state index is 0.104. The number of carboxylic acids is 1. The number of nitrogens with one attached hydrogen (secondary N) is 1. The average Bonchev–Trinajstić information content (AvgIpc) is 2.13. The first-order valence-electron chi connectivity index (χ1n) is 5.64. The van der Waals surface area contributed by atoms with E-state index in [1.807, 2.05) is 6.92 Å². The highest BCUT2D eigenvalue weighted by Gasteiger charge is 2.33. The van der Waals surface area contributed by atoms with E-state index in [2.05, 4.69) is 4.72 Å². The van der Waals surface area contributed by atoms with Crippen LogP contribution >= 0.6 is 0 Å². The van der Waals surface area contributed by atoms with Crippen LogP contribution in [0.15, 0.2) is 0 Å². The summed E-state index contributed by atoms with van der Waals surface area (Å²) in [6.07, 6.45) is 2.98. The first kappa shape index (κ1) is 14.4. The fourth-order valence-corrected chi connectivity index (χ4v) is 3.17. The minimum Gasteiger partial charge on any atom is -0.480 e. The van der Waals surface area contributed by atoms with Gasteiger partial charge in [-0.15, -0.1) is 0 Å². The molecular weight excluding hydrogens is 246 g/mol. The topological polar surface area (TPSA) is 104 Å². The number of hydrogen-bond donors (Lipinski definition) is 3. The van der Waals surface area contributed by atoms with Crippen LogP contribution in [-0.2, 0) is 14.8 Å². The Morgan fingerprint density at radius 2 is 2.18 bits per heavy atom. The molecule has 0 aliphatic heterocycles. The molecule has 1 rings (SSSR count). The molecule has 6 nitrogen and oxygen atoms in total. The molecule has 2 unspecified atom stereocenters. The molecule has 0 spiro atoms. The Morgan fingerprint density at radius 1 is 1.53 bits per heavy atom. The summed E-state index contributed by atoms with van der Waals surface area (Å²) in [6.45, 7) is 1.91. The van der Waals surface area contributed by atoms with E-state index in [-0.39, 0.29) is 6.54 Å². The van der Waals surface area contributed by atoms with Crippen molar-refractivity contribution in [2.75, 3.05) is 12.3 Å². The normalized spacial score (nSPS) is 30.1. The molecule has 17 heavy (non-hydrogen) atoms. The van der Waals surface area contributed by atoms with Crippen molar-refractivity contribution in [2.45, 2.75) is 38.2 Å². The van der Waals surface area contributed by atoms with Crippen LogP contribution in [0.3, 0.4) is 0 Å². The number of sulfonamides is 1. The van der Waals surface area contributed by atoms with E-state index in [1.54, 1.807) is 0 Å². The monoisotopic (exact) mass is 265 g/mol. The summed E-state index contributed by atoms with van der Waals surface area (Å²) in [4.78, 5) is 10.3. The number of carbonyl (C=O) groups is 1. The number of rotatable bonds is 5. The van der Waals surface area contributed by atoms with Crippen molar-refractivity contribution in [2.24, 2.45) is 5.92 Å². The highest BCUT2D eigenvalue weighted by atomic mass is 32.2. The fraction of sp³-hybridized carbons (Fsp3) is 0.900. The van der Waals surface area contributed by atoms with Gasteiger partial charge in [0.1, 0.15) is 0 Å². The molecule has 3 N–H and O–H groups in total. The Balaban J connectivity index is 2.52. The van der Waals surface area contributed by atoms with Crippen molar-refractivity contribution in [1.29, 1.82) is 0 Å². The van der Waals surface area contributed by atoms with E-state index >= 15 is 0 Å². The maximum absolute atomic E-state index is 11.3. The summed E-state index contributed by atoms with van der Waals surface area (Å²) in [6, 6.07) is 0. The van der Waals surface area contributed by atoms with Gasteiger partial charge >= 0.3 is 5.97 Å². The largest absolute Gasteiger partial charge is 0.480 e. The Bertz CT molecular complexity index is 380. The summed E-state index contributed by atoms with van der Waals surface area (Å²) >= 11 is 0. The van der Waals surface area contributed by atoms with Crippen molar-refractivity contribution < 1.29 is 23.4 Å². The van der Waals surface area contributed by atoms with Crippen LogP contribution in [0.5, 0.6) is 0 Å². The zero-order chi connectivity index (χ0) is 13.1. The fourth-order valence-electron chi connectivity index (χ4n) is 2.25. The van der Waals surface area contributed by atoms with Gasteiger partial charge in [-0.05, 0) is 18.8 Å². The maximum atomic E-state index is 11.3. The van der Waals surface area contributed by atoms with Crippen LogP contribution < -0.4 is 4.72 Å². The first-order valence-corrected chi connectivity index (χ1v) is 7.29. The molecule has 1 fully saturated rings. The van der Waals surface area contributed by atoms with Crippen molar-refractivity contribution in [3.8, 4) is 0 Å². The molecular formula is C10H19NO5S. The van der Waals surface area contributed by atoms with E-state index in [4.69, 9.17) is 5.11 Å². The molecule has 0 bridgehead atoms. The second-order valence-corrected chi connectivity index (χ2v) is 6.71. The SMILES string of the molecule is CC1CCCC(O)(CNS(=O)(=O)CC(=O)O)C1. The average molecular weight is 265 g/mol. The van der Waals surface area contributed by atoms with Crippen LogP contribution in [0.25, 0.3) is 0 Å². The molecule has 1 saturated carbocycles. The Labute approximate surface area is 101 Å². The van der Waals surface area contributed by atoms with Gasteiger partial charge in [0.2, 0.25) is 10.0 Å². The second kappa shape index (κ2) is 5.32. The van der Waals surface area contributed by atoms with E-state index in [9.17, 15) is 18.3 Å². The molecule has 0 heterocycles. The van der Waals surface area contributed by atoms with Crippen LogP contribution in [0, 0.1) is 5.92 Å². The minimum atomic E-state index is -3.85. The lowest BCUT2D eigenvalue weighted by molar-refractivity contribution is -0.134. The number of aliphatic carboxylic acids is 1. The Morgan fingerprint density at radius 3 is 2.71 bits per heavy atom. The highest BCUT2D eigenvalue weighted by molar-refractivity contribution is 7.90. The van der Waals surface area contributed by atoms with Gasteiger partial charge in [0.25, 0.3) is 0 Å². The number of carboxylic acid groups (broad SMARTS) is 1. The summed E-state index contributed by atoms with van der Waals surface area (Å²) in [5.74, 6) is -2.00. The summed E-state index contributed by atoms with van der Waals surface area (Å²) in [5, 5.41) is 18.6. The Hall–Kier alpha value is -0.660. The van der Waals surface area contributed by atoms with Crippen molar-refractivity contribution in [3.05, 3.63) is 0 Å². The lowest BCUT2D eigenvalue weighted by Crippen LogP contribution is -2.46. The summed E-state index contributed by atoms with van der Waals surface area (Å²) < 4.78 is 24.8. The van der Waals surface area contributed by atoms with Crippen LogP contribution in [0.2, 0.25) is 0 Å². The van der Waals surface area contributed by atoms with Gasteiger partial charge in [0, 0.05) is 6.54 Å². The van der Waals surface area contributed by atoms with E-state index in [1.165, 1.54) is 0 Å². The van der Waals surface area contributed by atoms with E-state index in [0.717, 1.165) is 12.8 Å². The maximum Gasteiger partial charge on any atom is 0.320 e. The smallest absolute Gasteiger partial charge is 0.320 e. The molecule has 0 saturated heterocycles. The van der Waals surface area contributed by atoms with E-state index in [0.29, 0.717) is 18.8 Å². The van der Waals surface area contributed by atoms with Crippen LogP contribution in [0.4, 0.5) is 0 Å². The number of hydrogen-bond acceptors (Lipinski definition) is 4. The van der Waals surface area contributed by atoms with Gasteiger partial charge in [-0.1, -0.05) is 19.8 Å². The predicted molar refractivity (Wildman–Crippen MR) is 62.0 cm³/mol. The lowest BCUT2D eigenvalue weighted by atomic mass is 9.79. The van der Waals surface area contributed by atoms with Crippen LogP contribution in [0.1, 0.15) is 32.6 Å². The van der Waals surface area contributed by atoms with Gasteiger partial charge in [-0.25, -0.2) is 13.1 Å². The zero-order valence-electron chi connectivity index (χ0n) is 9.85. The van der Waals surface area contributed by atoms with Crippen molar-refractivity contribution >= 4 is 16.0 Å². The van der Waals surface area contributed by atoms with Crippen molar-refractivity contribution in [1.82, 2.24) is 4.72 Å². The van der Waals surface area contributed by atoms with Gasteiger partial charge in [-0.3, -0.25) is 4.79 Å². The highest BCUT2D eigenvalue weighted by Crippen LogP contribution is 2.31. The molecule has 0 aromatic rings. The molecule has 1 aliphatic rings. The van der Waals surface area contributed by atoms with Crippen molar-refractivity contribution in [3.63, 3.8) is 0 Å². The molecule has 7 heteroatoms. The molecule has 0 amide bonds. The molecule has 2 atom stereocenters. The molecule has 0 aromatic heterocycles. The third kappa shape index (κ3) is 5.01. The molecule has 1 aliphatic carbocycles. The summed E-state index contributed by atoms with van der Waals surface area (Å²) in [7, 11) is -3.85. The third-order valence-corrected chi connectivity index (χ3v) is 4.21. The van der Waals surface area contributed by atoms with Crippen LogP contribution in [-0.4, -0.2) is 42.5 Å². The first-order chi connectivity index (χ1) is 7.72. The quantitative estimate of drug-likeness (QED) is 0.645.